The number of hydrogen-bond donors (Lipinski definition) is 1. The fourth-order valence-electron chi connectivity index (χ4n) is 3.65. The number of para-hydroxylation sites is 1. The Kier molecular flexibility index (Phi) is 5.17. The van der Waals surface area contributed by atoms with Gasteiger partial charge in [0.1, 0.15) is 5.75 Å². The van der Waals surface area contributed by atoms with Gasteiger partial charge < -0.3 is 9.84 Å². The lowest BCUT2D eigenvalue weighted by Gasteiger charge is -2.31. The highest BCUT2D eigenvalue weighted by Gasteiger charge is 2.30. The third-order valence-corrected chi connectivity index (χ3v) is 5.14. The first kappa shape index (κ1) is 18.3. The van der Waals surface area contributed by atoms with E-state index in [0.717, 1.165) is 29.5 Å². The zero-order chi connectivity index (χ0) is 19.5. The van der Waals surface area contributed by atoms with Crippen LogP contribution in [-0.4, -0.2) is 23.8 Å². The number of aliphatic hydroxyl groups excluding tert-OH is 1. The lowest BCUT2D eigenvalue weighted by molar-refractivity contribution is 0.298. The average molecular weight is 375 g/mol. The van der Waals surface area contributed by atoms with Crippen molar-refractivity contribution in [3.8, 4) is 5.75 Å². The van der Waals surface area contributed by atoms with E-state index in [9.17, 15) is 5.11 Å². The highest BCUT2D eigenvalue weighted by atomic mass is 16.5. The fraction of sp³-hybridized carbons (Fsp3) is 0.261. The molecule has 0 bridgehead atoms. The maximum Gasteiger partial charge on any atom is 0.153 e. The second-order valence-electron chi connectivity index (χ2n) is 7.01. The van der Waals surface area contributed by atoms with Crippen LogP contribution < -0.4 is 14.8 Å². The summed E-state index contributed by atoms with van der Waals surface area (Å²) in [6.45, 7) is 3.72. The average Bonchev–Trinajstić information content (AvgIpc) is 3.08. The standard InChI is InChI=1S/C23H25N3O2/c1-17-14-19(12-13-27)24-23-22(17)16-25(20-6-4-3-5-7-20)26(23)15-18-8-10-21(28-2)11-9-18/h3-11,14,27H,12-13,15-16H2,1-2H3. The number of fused-ring (bicyclic) bond motifs is 1. The predicted octanol–water partition coefficient (Wildman–Crippen LogP) is 3.88. The molecule has 5 heteroatoms. The summed E-state index contributed by atoms with van der Waals surface area (Å²) in [6, 6.07) is 20.6. The van der Waals surface area contributed by atoms with E-state index >= 15 is 0 Å². The zero-order valence-corrected chi connectivity index (χ0v) is 16.3. The second-order valence-corrected chi connectivity index (χ2v) is 7.01. The van der Waals surface area contributed by atoms with Crippen LogP contribution in [-0.2, 0) is 19.5 Å². The van der Waals surface area contributed by atoms with E-state index in [-0.39, 0.29) is 6.61 Å². The normalized spacial score (nSPS) is 13.0. The van der Waals surface area contributed by atoms with Crippen molar-refractivity contribution in [3.05, 3.63) is 83.0 Å². The molecule has 0 fully saturated rings. The molecule has 1 aliphatic heterocycles. The molecule has 1 aromatic heterocycles. The van der Waals surface area contributed by atoms with Gasteiger partial charge >= 0.3 is 0 Å². The molecule has 0 amide bonds. The highest BCUT2D eigenvalue weighted by molar-refractivity contribution is 5.66. The minimum Gasteiger partial charge on any atom is -0.497 e. The molecule has 0 unspecified atom stereocenters. The summed E-state index contributed by atoms with van der Waals surface area (Å²) < 4.78 is 5.28. The van der Waals surface area contributed by atoms with Crippen molar-refractivity contribution in [3.63, 3.8) is 0 Å². The van der Waals surface area contributed by atoms with E-state index in [0.29, 0.717) is 13.0 Å². The molecule has 0 atom stereocenters. The van der Waals surface area contributed by atoms with Gasteiger partial charge in [0.15, 0.2) is 5.82 Å². The maximum atomic E-state index is 9.36. The van der Waals surface area contributed by atoms with Crippen LogP contribution in [0.25, 0.3) is 0 Å². The van der Waals surface area contributed by atoms with Gasteiger partial charge in [-0.2, -0.15) is 0 Å². The van der Waals surface area contributed by atoms with Gasteiger partial charge in [-0.3, -0.25) is 10.0 Å². The number of aromatic nitrogens is 1. The Morgan fingerprint density at radius 2 is 1.82 bits per heavy atom. The molecule has 0 saturated carbocycles. The van der Waals surface area contributed by atoms with E-state index in [1.54, 1.807) is 7.11 Å². The van der Waals surface area contributed by atoms with Crippen LogP contribution in [0.4, 0.5) is 11.5 Å². The monoisotopic (exact) mass is 375 g/mol. The van der Waals surface area contributed by atoms with Crippen LogP contribution in [0.15, 0.2) is 60.7 Å². The summed E-state index contributed by atoms with van der Waals surface area (Å²) in [5.74, 6) is 1.83. The van der Waals surface area contributed by atoms with E-state index in [1.165, 1.54) is 16.7 Å². The molecule has 3 aromatic rings. The summed E-state index contributed by atoms with van der Waals surface area (Å²) in [6.07, 6.45) is 0.565. The lowest BCUT2D eigenvalue weighted by atomic mass is 10.1. The van der Waals surface area contributed by atoms with Gasteiger partial charge in [-0.05, 0) is 48.4 Å². The van der Waals surface area contributed by atoms with Gasteiger partial charge in [0.25, 0.3) is 0 Å². The first-order valence-corrected chi connectivity index (χ1v) is 9.53. The minimum absolute atomic E-state index is 0.103. The SMILES string of the molecule is COc1ccc(CN2c3nc(CCO)cc(C)c3CN2c2ccccc2)cc1. The van der Waals surface area contributed by atoms with Crippen molar-refractivity contribution >= 4 is 11.5 Å². The third kappa shape index (κ3) is 3.53. The molecular weight excluding hydrogens is 350 g/mol. The molecule has 0 aliphatic carbocycles. The Labute approximate surface area is 165 Å². The Morgan fingerprint density at radius 1 is 1.07 bits per heavy atom. The first-order valence-electron chi connectivity index (χ1n) is 9.53. The molecule has 28 heavy (non-hydrogen) atoms. The van der Waals surface area contributed by atoms with E-state index in [2.05, 4.69) is 59.4 Å². The third-order valence-electron chi connectivity index (χ3n) is 5.14. The fourth-order valence-corrected chi connectivity index (χ4v) is 3.65. The number of pyridine rings is 1. The summed E-state index contributed by atoms with van der Waals surface area (Å²) in [4.78, 5) is 4.89. The Balaban J connectivity index is 1.74. The minimum atomic E-state index is 0.103. The van der Waals surface area contributed by atoms with Gasteiger partial charge in [-0.15, -0.1) is 0 Å². The second kappa shape index (κ2) is 7.90. The molecule has 5 nitrogen and oxygen atoms in total. The van der Waals surface area contributed by atoms with Crippen molar-refractivity contribution in [1.29, 1.82) is 0 Å². The predicted molar refractivity (Wildman–Crippen MR) is 112 cm³/mol. The van der Waals surface area contributed by atoms with Gasteiger partial charge in [-0.25, -0.2) is 4.98 Å². The lowest BCUT2D eigenvalue weighted by Crippen LogP contribution is -2.37. The Morgan fingerprint density at radius 3 is 2.50 bits per heavy atom. The molecule has 0 spiro atoms. The number of ether oxygens (including phenoxy) is 1. The van der Waals surface area contributed by atoms with Gasteiger partial charge in [0, 0.05) is 24.3 Å². The molecule has 1 N–H and O–H groups in total. The summed E-state index contributed by atoms with van der Waals surface area (Å²) >= 11 is 0. The summed E-state index contributed by atoms with van der Waals surface area (Å²) in [7, 11) is 1.68. The van der Waals surface area contributed by atoms with Gasteiger partial charge in [0.05, 0.1) is 25.9 Å². The zero-order valence-electron chi connectivity index (χ0n) is 16.3. The summed E-state index contributed by atoms with van der Waals surface area (Å²) in [5.41, 5.74) is 5.69. The van der Waals surface area contributed by atoms with Gasteiger partial charge in [-0.1, -0.05) is 30.3 Å². The number of nitrogens with zero attached hydrogens (tertiary/aromatic N) is 3. The molecule has 2 heterocycles. The summed E-state index contributed by atoms with van der Waals surface area (Å²) in [5, 5.41) is 13.9. The van der Waals surface area contributed by atoms with E-state index in [1.807, 2.05) is 18.2 Å². The van der Waals surface area contributed by atoms with Crippen LogP contribution in [0.2, 0.25) is 0 Å². The van der Waals surface area contributed by atoms with E-state index < -0.39 is 0 Å². The first-order chi connectivity index (χ1) is 13.7. The number of anilines is 2. The number of rotatable bonds is 6. The van der Waals surface area contributed by atoms with Crippen LogP contribution in [0, 0.1) is 6.92 Å². The smallest absolute Gasteiger partial charge is 0.153 e. The van der Waals surface area contributed by atoms with Crippen molar-refractivity contribution in [2.24, 2.45) is 0 Å². The number of hydrogen-bond acceptors (Lipinski definition) is 5. The highest BCUT2D eigenvalue weighted by Crippen LogP contribution is 2.36. The molecule has 2 aromatic carbocycles. The molecule has 4 rings (SSSR count). The number of aliphatic hydroxyl groups is 1. The molecule has 0 radical (unpaired) electrons. The van der Waals surface area contributed by atoms with Gasteiger partial charge in [0.2, 0.25) is 0 Å². The largest absolute Gasteiger partial charge is 0.497 e. The Bertz CT molecular complexity index is 942. The number of hydrazine groups is 1. The van der Waals surface area contributed by atoms with Crippen LogP contribution in [0.3, 0.4) is 0 Å². The molecule has 144 valence electrons. The van der Waals surface area contributed by atoms with Crippen LogP contribution in [0.5, 0.6) is 5.75 Å². The molecule has 0 saturated heterocycles. The number of methoxy groups -OCH3 is 1. The van der Waals surface area contributed by atoms with Crippen molar-refractivity contribution in [2.75, 3.05) is 23.7 Å². The van der Waals surface area contributed by atoms with Crippen molar-refractivity contribution < 1.29 is 9.84 Å². The topological polar surface area (TPSA) is 48.8 Å². The van der Waals surface area contributed by atoms with Crippen LogP contribution >= 0.6 is 0 Å². The van der Waals surface area contributed by atoms with Crippen molar-refractivity contribution in [1.82, 2.24) is 4.98 Å². The molecular formula is C23H25N3O2. The van der Waals surface area contributed by atoms with Crippen LogP contribution in [0.1, 0.15) is 22.4 Å². The van der Waals surface area contributed by atoms with Crippen molar-refractivity contribution in [2.45, 2.75) is 26.4 Å². The number of aryl methyl sites for hydroxylation is 1. The Hall–Kier alpha value is -3.05. The number of benzene rings is 2. The maximum absolute atomic E-state index is 9.36. The van der Waals surface area contributed by atoms with E-state index in [4.69, 9.17) is 9.72 Å². The molecule has 1 aliphatic rings. The quantitative estimate of drug-likeness (QED) is 0.709.